The molecule has 3 rings (SSSR count). The van der Waals surface area contributed by atoms with E-state index in [-0.39, 0.29) is 6.10 Å². The summed E-state index contributed by atoms with van der Waals surface area (Å²) in [6, 6.07) is 11.3. The Bertz CT molecular complexity index is 723. The molecule has 0 radical (unpaired) electrons. The Labute approximate surface area is 122 Å². The molecule has 2 aromatic heterocycles. The summed E-state index contributed by atoms with van der Waals surface area (Å²) in [6.07, 6.45) is 3.51. The molecule has 106 valence electrons. The van der Waals surface area contributed by atoms with E-state index in [1.807, 2.05) is 50.2 Å². The van der Waals surface area contributed by atoms with Crippen LogP contribution in [0.2, 0.25) is 0 Å². The van der Waals surface area contributed by atoms with Crippen LogP contribution in [0.1, 0.15) is 13.8 Å². The third kappa shape index (κ3) is 3.08. The minimum Gasteiger partial charge on any atom is -0.491 e. The van der Waals surface area contributed by atoms with Crippen LogP contribution in [0.25, 0.3) is 22.8 Å². The van der Waals surface area contributed by atoms with E-state index in [9.17, 15) is 0 Å². The van der Waals surface area contributed by atoms with E-state index >= 15 is 0 Å². The zero-order valence-corrected chi connectivity index (χ0v) is 11.9. The Kier molecular flexibility index (Phi) is 3.64. The molecule has 5 heteroatoms. The number of hydrogen-bond donors (Lipinski definition) is 0. The van der Waals surface area contributed by atoms with Gasteiger partial charge in [0.1, 0.15) is 5.75 Å². The van der Waals surface area contributed by atoms with Crippen molar-refractivity contribution in [3.63, 3.8) is 0 Å². The van der Waals surface area contributed by atoms with Gasteiger partial charge in [-0.25, -0.2) is 0 Å². The van der Waals surface area contributed by atoms with Crippen LogP contribution in [-0.4, -0.2) is 21.2 Å². The number of pyridine rings is 1. The molecule has 0 fully saturated rings. The van der Waals surface area contributed by atoms with E-state index in [0.717, 1.165) is 16.9 Å². The Morgan fingerprint density at radius 2 is 1.86 bits per heavy atom. The van der Waals surface area contributed by atoms with Crippen LogP contribution in [0.4, 0.5) is 0 Å². The highest BCUT2D eigenvalue weighted by Crippen LogP contribution is 2.25. The molecule has 0 spiro atoms. The van der Waals surface area contributed by atoms with Crippen LogP contribution in [0.5, 0.6) is 5.75 Å². The van der Waals surface area contributed by atoms with Gasteiger partial charge in [-0.1, -0.05) is 11.2 Å². The first kappa shape index (κ1) is 13.3. The summed E-state index contributed by atoms with van der Waals surface area (Å²) in [5.74, 6) is 1.80. The van der Waals surface area contributed by atoms with E-state index in [2.05, 4.69) is 15.1 Å². The number of rotatable bonds is 4. The smallest absolute Gasteiger partial charge is 0.258 e. The molecule has 1 aromatic carbocycles. The van der Waals surface area contributed by atoms with E-state index in [1.54, 1.807) is 12.4 Å². The topological polar surface area (TPSA) is 61.0 Å². The maximum Gasteiger partial charge on any atom is 0.258 e. The number of nitrogens with zero attached hydrogens (tertiary/aromatic N) is 3. The highest BCUT2D eigenvalue weighted by molar-refractivity contribution is 5.60. The average Bonchev–Trinajstić information content (AvgIpc) is 2.98. The van der Waals surface area contributed by atoms with Gasteiger partial charge in [-0.2, -0.15) is 4.98 Å². The van der Waals surface area contributed by atoms with Gasteiger partial charge in [-0.3, -0.25) is 4.98 Å². The fourth-order valence-corrected chi connectivity index (χ4v) is 1.93. The summed E-state index contributed by atoms with van der Waals surface area (Å²) < 4.78 is 11.0. The van der Waals surface area contributed by atoms with Crippen molar-refractivity contribution in [2.24, 2.45) is 0 Å². The summed E-state index contributed by atoms with van der Waals surface area (Å²) in [5.41, 5.74) is 1.70. The Morgan fingerprint density at radius 3 is 2.62 bits per heavy atom. The number of aromatic nitrogens is 3. The van der Waals surface area contributed by atoms with Crippen molar-refractivity contribution in [1.82, 2.24) is 15.1 Å². The van der Waals surface area contributed by atoms with Crippen molar-refractivity contribution >= 4 is 0 Å². The SMILES string of the molecule is CC(C)Oc1cccc(-c2nc(-c3ccncc3)no2)c1. The van der Waals surface area contributed by atoms with Crippen molar-refractivity contribution in [1.29, 1.82) is 0 Å². The molecule has 0 amide bonds. The monoisotopic (exact) mass is 281 g/mol. The Hall–Kier alpha value is -2.69. The first-order chi connectivity index (χ1) is 10.2. The average molecular weight is 281 g/mol. The third-order valence-corrected chi connectivity index (χ3v) is 2.82. The van der Waals surface area contributed by atoms with E-state index in [4.69, 9.17) is 9.26 Å². The highest BCUT2D eigenvalue weighted by Gasteiger charge is 2.11. The van der Waals surface area contributed by atoms with E-state index in [1.165, 1.54) is 0 Å². The first-order valence-electron chi connectivity index (χ1n) is 6.73. The van der Waals surface area contributed by atoms with Gasteiger partial charge in [0.25, 0.3) is 5.89 Å². The standard InChI is InChI=1S/C16H15N3O2/c1-11(2)20-14-5-3-4-13(10-14)16-18-15(19-21-16)12-6-8-17-9-7-12/h3-11H,1-2H3. The quantitative estimate of drug-likeness (QED) is 0.731. The third-order valence-electron chi connectivity index (χ3n) is 2.82. The second-order valence-electron chi connectivity index (χ2n) is 4.85. The maximum atomic E-state index is 5.67. The van der Waals surface area contributed by atoms with Crippen molar-refractivity contribution in [2.45, 2.75) is 20.0 Å². The van der Waals surface area contributed by atoms with Crippen molar-refractivity contribution in [2.75, 3.05) is 0 Å². The molecular formula is C16H15N3O2. The summed E-state index contributed by atoms with van der Waals surface area (Å²) in [6.45, 7) is 3.97. The van der Waals surface area contributed by atoms with E-state index in [0.29, 0.717) is 11.7 Å². The molecule has 0 bridgehead atoms. The normalized spacial score (nSPS) is 10.8. The first-order valence-corrected chi connectivity index (χ1v) is 6.73. The molecule has 5 nitrogen and oxygen atoms in total. The maximum absolute atomic E-state index is 5.67. The predicted molar refractivity (Wildman–Crippen MR) is 78.7 cm³/mol. The van der Waals surface area contributed by atoms with Gasteiger partial charge < -0.3 is 9.26 Å². The summed E-state index contributed by atoms with van der Waals surface area (Å²) in [5, 5.41) is 4.00. The minimum absolute atomic E-state index is 0.121. The second kappa shape index (κ2) is 5.75. The molecule has 3 aromatic rings. The van der Waals surface area contributed by atoms with Crippen LogP contribution < -0.4 is 4.74 Å². The minimum atomic E-state index is 0.121. The van der Waals surface area contributed by atoms with Gasteiger partial charge in [-0.05, 0) is 44.2 Å². The summed E-state index contributed by atoms with van der Waals surface area (Å²) in [4.78, 5) is 8.38. The molecule has 0 aliphatic carbocycles. The largest absolute Gasteiger partial charge is 0.491 e. The second-order valence-corrected chi connectivity index (χ2v) is 4.85. The van der Waals surface area contributed by atoms with Crippen LogP contribution in [-0.2, 0) is 0 Å². The lowest BCUT2D eigenvalue weighted by molar-refractivity contribution is 0.242. The van der Waals surface area contributed by atoms with Crippen LogP contribution in [0.3, 0.4) is 0 Å². The van der Waals surface area contributed by atoms with Gasteiger partial charge in [0.05, 0.1) is 6.10 Å². The molecule has 2 heterocycles. The molecule has 0 N–H and O–H groups in total. The molecule has 0 aliphatic heterocycles. The number of ether oxygens (including phenoxy) is 1. The summed E-state index contributed by atoms with van der Waals surface area (Å²) in [7, 11) is 0. The lowest BCUT2D eigenvalue weighted by Crippen LogP contribution is -2.05. The van der Waals surface area contributed by atoms with Crippen LogP contribution in [0, 0.1) is 0 Å². The Balaban J connectivity index is 1.90. The fraction of sp³-hybridized carbons (Fsp3) is 0.188. The molecule has 21 heavy (non-hydrogen) atoms. The molecule has 0 saturated carbocycles. The highest BCUT2D eigenvalue weighted by atomic mass is 16.5. The number of benzene rings is 1. The van der Waals surface area contributed by atoms with Gasteiger partial charge in [0.2, 0.25) is 5.82 Å². The van der Waals surface area contributed by atoms with Crippen molar-refractivity contribution in [3.8, 4) is 28.6 Å². The van der Waals surface area contributed by atoms with Gasteiger partial charge in [0, 0.05) is 23.5 Å². The van der Waals surface area contributed by atoms with Gasteiger partial charge >= 0.3 is 0 Å². The molecule has 0 unspecified atom stereocenters. The summed E-state index contributed by atoms with van der Waals surface area (Å²) >= 11 is 0. The fourth-order valence-electron chi connectivity index (χ4n) is 1.93. The van der Waals surface area contributed by atoms with E-state index < -0.39 is 0 Å². The molecule has 0 atom stereocenters. The Morgan fingerprint density at radius 1 is 1.05 bits per heavy atom. The van der Waals surface area contributed by atoms with Crippen molar-refractivity contribution in [3.05, 3.63) is 48.8 Å². The number of hydrogen-bond acceptors (Lipinski definition) is 5. The van der Waals surface area contributed by atoms with Gasteiger partial charge in [0.15, 0.2) is 0 Å². The van der Waals surface area contributed by atoms with Crippen molar-refractivity contribution < 1.29 is 9.26 Å². The molecule has 0 aliphatic rings. The predicted octanol–water partition coefficient (Wildman–Crippen LogP) is 3.59. The van der Waals surface area contributed by atoms with Gasteiger partial charge in [-0.15, -0.1) is 0 Å². The lowest BCUT2D eigenvalue weighted by Gasteiger charge is -2.09. The zero-order chi connectivity index (χ0) is 14.7. The molecular weight excluding hydrogens is 266 g/mol. The molecule has 0 saturated heterocycles. The van der Waals surface area contributed by atoms with Crippen LogP contribution in [0.15, 0.2) is 53.3 Å². The van der Waals surface area contributed by atoms with Crippen LogP contribution >= 0.6 is 0 Å². The lowest BCUT2D eigenvalue weighted by atomic mass is 10.2. The zero-order valence-electron chi connectivity index (χ0n) is 11.9.